The lowest BCUT2D eigenvalue weighted by Gasteiger charge is -2.48. The maximum atomic E-state index is 13.4. The van der Waals surface area contributed by atoms with E-state index in [4.69, 9.17) is 28.4 Å². The molecule has 3 rings (SSSR count). The fraction of sp³-hybridized carbons (Fsp3) is 0.900. The molecule has 522 valence electrons. The van der Waals surface area contributed by atoms with Crippen molar-refractivity contribution in [1.29, 1.82) is 0 Å². The van der Waals surface area contributed by atoms with Gasteiger partial charge in [-0.3, -0.25) is 4.79 Å². The van der Waals surface area contributed by atoms with E-state index in [2.05, 4.69) is 43.5 Å². The first kappa shape index (κ1) is 81.2. The number of carbonyl (C=O) groups is 1. The van der Waals surface area contributed by atoms with Gasteiger partial charge in [-0.25, -0.2) is 0 Å². The summed E-state index contributed by atoms with van der Waals surface area (Å²) in [5.74, 6) is -0.287. The van der Waals surface area contributed by atoms with Gasteiger partial charge in [-0.1, -0.05) is 262 Å². The molecule has 19 nitrogen and oxygen atoms in total. The average molecular weight is 1270 g/mol. The number of hydrogen-bond donors (Lipinski definition) is 12. The second-order valence-electron chi connectivity index (χ2n) is 25.7. The number of allylic oxidation sites excluding steroid dienone is 5. The van der Waals surface area contributed by atoms with Crippen molar-refractivity contribution in [3.05, 3.63) is 36.5 Å². The lowest BCUT2D eigenvalue weighted by atomic mass is 9.96. The first-order valence-corrected chi connectivity index (χ1v) is 35.7. The first-order chi connectivity index (χ1) is 43.3. The van der Waals surface area contributed by atoms with Gasteiger partial charge >= 0.3 is 0 Å². The van der Waals surface area contributed by atoms with Gasteiger partial charge in [0.1, 0.15) is 73.2 Å². The van der Waals surface area contributed by atoms with E-state index in [0.717, 1.165) is 44.9 Å². The normalized spacial score (nSPS) is 28.4. The molecule has 3 fully saturated rings. The van der Waals surface area contributed by atoms with E-state index in [1.165, 1.54) is 193 Å². The summed E-state index contributed by atoms with van der Waals surface area (Å²) < 4.78 is 34.3. The Morgan fingerprint density at radius 3 is 1.11 bits per heavy atom. The van der Waals surface area contributed by atoms with Crippen LogP contribution < -0.4 is 5.32 Å². The molecule has 0 aromatic carbocycles. The number of aliphatic hydroxyl groups excluding tert-OH is 11. The lowest BCUT2D eigenvalue weighted by Crippen LogP contribution is -2.66. The Bertz CT molecular complexity index is 1760. The molecule has 17 unspecified atom stereocenters. The SMILES string of the molecule is CCCC/C=C/CC/C=C/CC/C=C/C(O)C(COC1OC(CO)C(OC2OC(CO)C(OC3OC(CO)C(O)C(O)C3O)C(O)C2O)C(O)C1O)NC(=O)CCCCCCCCCCCCCCCCCCCCCCCCCCCCCCCCCC. The van der Waals surface area contributed by atoms with E-state index in [-0.39, 0.29) is 18.9 Å². The van der Waals surface area contributed by atoms with Crippen LogP contribution in [0.4, 0.5) is 0 Å². The largest absolute Gasteiger partial charge is 0.394 e. The minimum atomic E-state index is -1.98. The third kappa shape index (κ3) is 34.3. The Balaban J connectivity index is 1.34. The molecule has 0 spiro atoms. The number of carbonyl (C=O) groups excluding carboxylic acids is 1. The summed E-state index contributed by atoms with van der Waals surface area (Å²) in [6.07, 6.45) is 34.6. The van der Waals surface area contributed by atoms with Gasteiger partial charge in [-0.15, -0.1) is 0 Å². The molecule has 19 heteroatoms. The fourth-order valence-electron chi connectivity index (χ4n) is 12.1. The van der Waals surface area contributed by atoms with E-state index in [0.29, 0.717) is 12.8 Å². The second kappa shape index (κ2) is 52.3. The lowest BCUT2D eigenvalue weighted by molar-refractivity contribution is -0.379. The van der Waals surface area contributed by atoms with Crippen LogP contribution in [0, 0.1) is 0 Å². The Hall–Kier alpha value is -1.99. The van der Waals surface area contributed by atoms with E-state index in [1.54, 1.807) is 6.08 Å². The molecule has 17 atom stereocenters. The summed E-state index contributed by atoms with van der Waals surface area (Å²) in [4.78, 5) is 13.4. The molecule has 12 N–H and O–H groups in total. The highest BCUT2D eigenvalue weighted by Crippen LogP contribution is 2.33. The van der Waals surface area contributed by atoms with Crippen LogP contribution in [0.2, 0.25) is 0 Å². The fourth-order valence-corrected chi connectivity index (χ4v) is 12.1. The van der Waals surface area contributed by atoms with E-state index in [1.807, 2.05) is 6.08 Å². The topological polar surface area (TPSA) is 307 Å². The average Bonchev–Trinajstić information content (AvgIpc) is 1.19. The highest BCUT2D eigenvalue weighted by Gasteiger charge is 2.53. The van der Waals surface area contributed by atoms with E-state index < -0.39 is 124 Å². The third-order valence-electron chi connectivity index (χ3n) is 17.9. The molecular formula is C70H129NO18. The maximum absolute atomic E-state index is 13.4. The van der Waals surface area contributed by atoms with Gasteiger partial charge in [0.2, 0.25) is 5.91 Å². The molecule has 3 saturated heterocycles. The molecule has 0 aliphatic carbocycles. The predicted molar refractivity (Wildman–Crippen MR) is 346 cm³/mol. The van der Waals surface area contributed by atoms with Gasteiger partial charge in [0.15, 0.2) is 18.9 Å². The van der Waals surface area contributed by atoms with Gasteiger partial charge in [-0.2, -0.15) is 0 Å². The zero-order valence-corrected chi connectivity index (χ0v) is 55.2. The van der Waals surface area contributed by atoms with Crippen LogP contribution >= 0.6 is 0 Å². The van der Waals surface area contributed by atoms with E-state index in [9.17, 15) is 61.0 Å². The van der Waals surface area contributed by atoms with Crippen molar-refractivity contribution in [1.82, 2.24) is 5.32 Å². The number of hydrogen-bond acceptors (Lipinski definition) is 18. The molecule has 0 bridgehead atoms. The molecular weight excluding hydrogens is 1140 g/mol. The summed E-state index contributed by atoms with van der Waals surface area (Å²) in [5.41, 5.74) is 0. The Morgan fingerprint density at radius 1 is 0.393 bits per heavy atom. The van der Waals surface area contributed by atoms with Gasteiger partial charge in [0, 0.05) is 6.42 Å². The molecule has 3 aliphatic rings. The highest BCUT2D eigenvalue weighted by atomic mass is 16.8. The number of amides is 1. The zero-order chi connectivity index (χ0) is 64.7. The van der Waals surface area contributed by atoms with Crippen LogP contribution in [0.3, 0.4) is 0 Å². The zero-order valence-electron chi connectivity index (χ0n) is 55.2. The first-order valence-electron chi connectivity index (χ1n) is 35.7. The van der Waals surface area contributed by atoms with Crippen LogP contribution in [0.25, 0.3) is 0 Å². The summed E-state index contributed by atoms with van der Waals surface area (Å²) in [6.45, 7) is 1.67. The molecule has 1 amide bonds. The summed E-state index contributed by atoms with van der Waals surface area (Å²) >= 11 is 0. The second-order valence-corrected chi connectivity index (χ2v) is 25.7. The van der Waals surface area contributed by atoms with Crippen molar-refractivity contribution in [3.8, 4) is 0 Å². The molecule has 3 aliphatic heterocycles. The highest BCUT2D eigenvalue weighted by molar-refractivity contribution is 5.76. The Morgan fingerprint density at radius 2 is 0.719 bits per heavy atom. The van der Waals surface area contributed by atoms with Gasteiger partial charge < -0.3 is 89.9 Å². The van der Waals surface area contributed by atoms with Crippen molar-refractivity contribution in [2.75, 3.05) is 26.4 Å². The third-order valence-corrected chi connectivity index (χ3v) is 17.9. The standard InChI is InChI=1S/C70H129NO18/c1-3-5-7-9-11-13-15-17-18-19-20-21-22-23-24-25-26-27-28-29-30-31-32-33-34-35-36-38-40-42-44-46-48-58(76)71-53(54(75)47-45-43-41-39-37-16-14-12-10-8-6-4-2)52-84-68-64(82)61(79)66(56(50-73)86-68)89-70-65(83)62(80)67(57(51-74)87-70)88-69-63(81)60(78)59(77)55(49-72)85-69/h10,12,37,39,45,47,53-57,59-70,72-75,77-83H,3-9,11,13-36,38,40-44,46,48-52H2,1-2H3,(H,71,76)/b12-10+,39-37+,47-45+. The molecule has 0 radical (unpaired) electrons. The molecule has 0 saturated carbocycles. The van der Waals surface area contributed by atoms with Crippen molar-refractivity contribution in [2.24, 2.45) is 0 Å². The molecule has 89 heavy (non-hydrogen) atoms. The van der Waals surface area contributed by atoms with Crippen LogP contribution in [0.1, 0.15) is 271 Å². The van der Waals surface area contributed by atoms with Gasteiger partial charge in [-0.05, 0) is 38.5 Å². The van der Waals surface area contributed by atoms with Crippen molar-refractivity contribution < 1.29 is 89.4 Å². The predicted octanol–water partition coefficient (Wildman–Crippen LogP) is 9.61. The number of nitrogens with one attached hydrogen (secondary N) is 1. The number of rotatable bonds is 55. The van der Waals surface area contributed by atoms with Crippen molar-refractivity contribution in [3.63, 3.8) is 0 Å². The monoisotopic (exact) mass is 1270 g/mol. The smallest absolute Gasteiger partial charge is 0.220 e. The van der Waals surface area contributed by atoms with E-state index >= 15 is 0 Å². The summed E-state index contributed by atoms with van der Waals surface area (Å²) in [7, 11) is 0. The summed E-state index contributed by atoms with van der Waals surface area (Å²) in [6, 6.07) is -0.993. The van der Waals surface area contributed by atoms with Crippen LogP contribution in [0.15, 0.2) is 36.5 Å². The minimum Gasteiger partial charge on any atom is -0.394 e. The maximum Gasteiger partial charge on any atom is 0.220 e. The minimum absolute atomic E-state index is 0.236. The Kier molecular flexibility index (Phi) is 47.7. The van der Waals surface area contributed by atoms with Crippen LogP contribution in [0.5, 0.6) is 0 Å². The Labute approximate surface area is 536 Å². The number of unbranched alkanes of at least 4 members (excludes halogenated alkanes) is 35. The molecule has 3 heterocycles. The quantitative estimate of drug-likeness (QED) is 0.0199. The number of ether oxygens (including phenoxy) is 6. The van der Waals surface area contributed by atoms with Gasteiger partial charge in [0.25, 0.3) is 0 Å². The van der Waals surface area contributed by atoms with Gasteiger partial charge in [0.05, 0.1) is 38.6 Å². The molecule has 0 aromatic rings. The number of aliphatic hydroxyl groups is 11. The van der Waals surface area contributed by atoms with Crippen LogP contribution in [-0.2, 0) is 33.2 Å². The van der Waals surface area contributed by atoms with Crippen molar-refractivity contribution in [2.45, 2.75) is 375 Å². The van der Waals surface area contributed by atoms with Crippen LogP contribution in [-0.4, -0.2) is 193 Å². The summed E-state index contributed by atoms with van der Waals surface area (Å²) in [5, 5.41) is 120. The van der Waals surface area contributed by atoms with Crippen molar-refractivity contribution >= 4 is 5.91 Å². The molecule has 0 aromatic heterocycles.